The lowest BCUT2D eigenvalue weighted by Gasteiger charge is -2.28. The first-order chi connectivity index (χ1) is 16.0. The molecule has 1 aliphatic rings. The topological polar surface area (TPSA) is 86.7 Å². The fourth-order valence-electron chi connectivity index (χ4n) is 4.53. The largest absolute Gasteiger partial charge is 0.481 e. The standard InChI is InChI=1S/C27H36N2O4/c1-2-3-4-5-6-7-10-18-28-23-17-16-22-25-20(23)13-12-14-21(25)26(32)29(27(22)33)19-11-8-9-15-24(30)31/h12-14,16-17,28H,2-11,15,18-19H2,1H3,(H,30,31). The molecule has 0 spiro atoms. The summed E-state index contributed by atoms with van der Waals surface area (Å²) in [6, 6.07) is 9.40. The molecule has 3 rings (SSSR count). The number of carboxylic acid groups (broad SMARTS) is 1. The molecular weight excluding hydrogens is 416 g/mol. The first-order valence-electron chi connectivity index (χ1n) is 12.4. The summed E-state index contributed by atoms with van der Waals surface area (Å²) in [7, 11) is 0. The van der Waals surface area contributed by atoms with Gasteiger partial charge in [-0.15, -0.1) is 0 Å². The van der Waals surface area contributed by atoms with Crippen LogP contribution in [0.4, 0.5) is 5.69 Å². The SMILES string of the molecule is CCCCCCCCCNc1ccc2c3c(cccc13)C(=O)N(CCCCCC(=O)O)C2=O. The van der Waals surface area contributed by atoms with Crippen molar-refractivity contribution in [3.8, 4) is 0 Å². The van der Waals surface area contributed by atoms with Gasteiger partial charge in [-0.3, -0.25) is 19.3 Å². The number of carbonyl (C=O) groups excluding carboxylic acids is 2. The van der Waals surface area contributed by atoms with Gasteiger partial charge < -0.3 is 10.4 Å². The lowest BCUT2D eigenvalue weighted by molar-refractivity contribution is -0.137. The smallest absolute Gasteiger partial charge is 0.303 e. The van der Waals surface area contributed by atoms with Crippen LogP contribution in [0.25, 0.3) is 10.8 Å². The summed E-state index contributed by atoms with van der Waals surface area (Å²) < 4.78 is 0. The van der Waals surface area contributed by atoms with E-state index < -0.39 is 5.97 Å². The second kappa shape index (κ2) is 12.4. The predicted octanol–water partition coefficient (Wildman–Crippen LogP) is 6.24. The maximum atomic E-state index is 13.1. The van der Waals surface area contributed by atoms with Crippen LogP contribution in [0.1, 0.15) is 98.3 Å². The molecule has 6 heteroatoms. The predicted molar refractivity (Wildman–Crippen MR) is 132 cm³/mol. The van der Waals surface area contributed by atoms with Crippen LogP contribution in [0.15, 0.2) is 30.3 Å². The van der Waals surface area contributed by atoms with Crippen LogP contribution in [0, 0.1) is 0 Å². The highest BCUT2D eigenvalue weighted by atomic mass is 16.4. The van der Waals surface area contributed by atoms with E-state index in [1.165, 1.54) is 43.4 Å². The third-order valence-corrected chi connectivity index (χ3v) is 6.36. The molecule has 0 saturated carbocycles. The number of nitrogens with one attached hydrogen (secondary N) is 1. The van der Waals surface area contributed by atoms with Crippen LogP contribution in [0.5, 0.6) is 0 Å². The molecule has 2 aromatic rings. The molecular formula is C27H36N2O4. The Labute approximate surface area is 196 Å². The molecule has 0 aromatic heterocycles. The number of hydrogen-bond donors (Lipinski definition) is 2. The summed E-state index contributed by atoms with van der Waals surface area (Å²) in [4.78, 5) is 38.2. The highest BCUT2D eigenvalue weighted by Crippen LogP contribution is 2.34. The Hall–Kier alpha value is -2.89. The molecule has 6 nitrogen and oxygen atoms in total. The number of carbonyl (C=O) groups is 3. The third-order valence-electron chi connectivity index (χ3n) is 6.36. The normalized spacial score (nSPS) is 13.1. The molecule has 178 valence electrons. The maximum Gasteiger partial charge on any atom is 0.303 e. The van der Waals surface area contributed by atoms with Crippen molar-refractivity contribution in [2.75, 3.05) is 18.4 Å². The van der Waals surface area contributed by atoms with Gasteiger partial charge in [-0.05, 0) is 37.5 Å². The number of unbranched alkanes of at least 4 members (excludes halogenated alkanes) is 8. The molecule has 1 heterocycles. The number of anilines is 1. The van der Waals surface area contributed by atoms with Crippen LogP contribution >= 0.6 is 0 Å². The van der Waals surface area contributed by atoms with E-state index in [-0.39, 0.29) is 18.2 Å². The van der Waals surface area contributed by atoms with Gasteiger partial charge in [0.05, 0.1) is 0 Å². The van der Waals surface area contributed by atoms with E-state index in [1.807, 2.05) is 24.3 Å². The third kappa shape index (κ3) is 6.34. The van der Waals surface area contributed by atoms with Gasteiger partial charge in [0.1, 0.15) is 0 Å². The van der Waals surface area contributed by atoms with Gasteiger partial charge in [0.2, 0.25) is 0 Å². The average Bonchev–Trinajstić information content (AvgIpc) is 2.81. The van der Waals surface area contributed by atoms with E-state index in [1.54, 1.807) is 6.07 Å². The number of carboxylic acids is 1. The number of amides is 2. The lowest BCUT2D eigenvalue weighted by Crippen LogP contribution is -2.40. The lowest BCUT2D eigenvalue weighted by atomic mass is 9.92. The zero-order valence-electron chi connectivity index (χ0n) is 19.7. The number of nitrogens with zero attached hydrogens (tertiary/aromatic N) is 1. The molecule has 2 N–H and O–H groups in total. The summed E-state index contributed by atoms with van der Waals surface area (Å²) in [5.74, 6) is -1.35. The van der Waals surface area contributed by atoms with Gasteiger partial charge in [0, 0.05) is 47.1 Å². The quantitative estimate of drug-likeness (QED) is 0.247. The zero-order chi connectivity index (χ0) is 23.6. The summed E-state index contributed by atoms with van der Waals surface area (Å²) in [6.07, 6.45) is 10.7. The minimum Gasteiger partial charge on any atom is -0.481 e. The molecule has 0 aliphatic carbocycles. The van der Waals surface area contributed by atoms with Crippen molar-refractivity contribution in [3.05, 3.63) is 41.5 Å². The van der Waals surface area contributed by atoms with Crippen molar-refractivity contribution >= 4 is 34.2 Å². The summed E-state index contributed by atoms with van der Waals surface area (Å²) in [5.41, 5.74) is 2.09. The highest BCUT2D eigenvalue weighted by molar-refractivity contribution is 6.26. The van der Waals surface area contributed by atoms with Gasteiger partial charge in [-0.1, -0.05) is 64.0 Å². The van der Waals surface area contributed by atoms with E-state index in [9.17, 15) is 14.4 Å². The van der Waals surface area contributed by atoms with Crippen molar-refractivity contribution in [2.24, 2.45) is 0 Å². The van der Waals surface area contributed by atoms with Gasteiger partial charge in [0.25, 0.3) is 11.8 Å². The van der Waals surface area contributed by atoms with Gasteiger partial charge in [-0.2, -0.15) is 0 Å². The van der Waals surface area contributed by atoms with Gasteiger partial charge in [0.15, 0.2) is 0 Å². The van der Waals surface area contributed by atoms with Crippen LogP contribution in [-0.4, -0.2) is 40.9 Å². The average molecular weight is 453 g/mol. The second-order valence-electron chi connectivity index (χ2n) is 8.90. The van der Waals surface area contributed by atoms with Gasteiger partial charge >= 0.3 is 5.97 Å². The minimum atomic E-state index is -0.822. The Bertz CT molecular complexity index is 963. The highest BCUT2D eigenvalue weighted by Gasteiger charge is 2.32. The van der Waals surface area contributed by atoms with Crippen LogP contribution in [0.2, 0.25) is 0 Å². The van der Waals surface area contributed by atoms with Crippen molar-refractivity contribution in [1.82, 2.24) is 4.90 Å². The Kier molecular flexibility index (Phi) is 9.28. The fourth-order valence-corrected chi connectivity index (χ4v) is 4.53. The second-order valence-corrected chi connectivity index (χ2v) is 8.90. The van der Waals surface area contributed by atoms with E-state index in [0.29, 0.717) is 36.9 Å². The molecule has 1 aliphatic heterocycles. The summed E-state index contributed by atoms with van der Waals surface area (Å²) >= 11 is 0. The Morgan fingerprint density at radius 1 is 0.848 bits per heavy atom. The van der Waals surface area contributed by atoms with Crippen LogP contribution in [0.3, 0.4) is 0 Å². The van der Waals surface area contributed by atoms with Crippen LogP contribution in [-0.2, 0) is 4.79 Å². The molecule has 33 heavy (non-hydrogen) atoms. The first-order valence-corrected chi connectivity index (χ1v) is 12.4. The molecule has 0 saturated heterocycles. The Balaban J connectivity index is 1.63. The number of aliphatic carboxylic acids is 1. The molecule has 0 atom stereocenters. The van der Waals surface area contributed by atoms with Gasteiger partial charge in [-0.25, -0.2) is 0 Å². The van der Waals surface area contributed by atoms with Crippen molar-refractivity contribution in [1.29, 1.82) is 0 Å². The number of imide groups is 1. The van der Waals surface area contributed by atoms with E-state index in [4.69, 9.17) is 5.11 Å². The van der Waals surface area contributed by atoms with Crippen molar-refractivity contribution in [3.63, 3.8) is 0 Å². The number of hydrogen-bond acceptors (Lipinski definition) is 4. The minimum absolute atomic E-state index is 0.110. The molecule has 0 radical (unpaired) electrons. The van der Waals surface area contributed by atoms with Crippen molar-refractivity contribution in [2.45, 2.75) is 77.6 Å². The van der Waals surface area contributed by atoms with E-state index in [2.05, 4.69) is 12.2 Å². The maximum absolute atomic E-state index is 13.1. The molecule has 0 fully saturated rings. The fraction of sp³-hybridized carbons (Fsp3) is 0.519. The molecule has 0 unspecified atom stereocenters. The Morgan fingerprint density at radius 3 is 2.24 bits per heavy atom. The van der Waals surface area contributed by atoms with E-state index >= 15 is 0 Å². The molecule has 2 aromatic carbocycles. The summed E-state index contributed by atoms with van der Waals surface area (Å²) in [6.45, 7) is 3.41. The summed E-state index contributed by atoms with van der Waals surface area (Å²) in [5, 5.41) is 13.9. The molecule has 2 amide bonds. The van der Waals surface area contributed by atoms with Crippen LogP contribution < -0.4 is 5.32 Å². The number of rotatable bonds is 15. The van der Waals surface area contributed by atoms with E-state index in [0.717, 1.165) is 29.4 Å². The van der Waals surface area contributed by atoms with Crippen molar-refractivity contribution < 1.29 is 19.5 Å². The molecule has 0 bridgehead atoms. The Morgan fingerprint density at radius 2 is 1.52 bits per heavy atom. The number of benzene rings is 2. The monoisotopic (exact) mass is 452 g/mol. The first kappa shape index (κ1) is 24.7. The zero-order valence-corrected chi connectivity index (χ0v) is 19.7.